The molecule has 2 atom stereocenters. The van der Waals surface area contributed by atoms with Gasteiger partial charge in [-0.1, -0.05) is 0 Å². The molecule has 5 nitrogen and oxygen atoms in total. The number of primary amides is 1. The summed E-state index contributed by atoms with van der Waals surface area (Å²) < 4.78 is 5.47. The minimum atomic E-state index is -0.352. The molecule has 2 heterocycles. The number of carbonyl (C=O) groups excluding carboxylic acids is 1. The number of hydrogen-bond acceptors (Lipinski definition) is 3. The van der Waals surface area contributed by atoms with Gasteiger partial charge in [0, 0.05) is 13.1 Å². The first kappa shape index (κ1) is 7.82. The molecular formula is C7H13N3O2. The van der Waals surface area contributed by atoms with Gasteiger partial charge in [-0.15, -0.1) is 0 Å². The Labute approximate surface area is 70.8 Å². The van der Waals surface area contributed by atoms with Crippen LogP contribution < -0.4 is 11.1 Å². The van der Waals surface area contributed by atoms with Gasteiger partial charge in [0.1, 0.15) is 0 Å². The summed E-state index contributed by atoms with van der Waals surface area (Å²) in [4.78, 5) is 12.4. The van der Waals surface area contributed by atoms with Crippen LogP contribution in [0.4, 0.5) is 4.79 Å². The molecule has 2 unspecified atom stereocenters. The lowest BCUT2D eigenvalue weighted by Gasteiger charge is -2.25. The molecule has 12 heavy (non-hydrogen) atoms. The van der Waals surface area contributed by atoms with Crippen LogP contribution >= 0.6 is 0 Å². The molecule has 2 saturated heterocycles. The van der Waals surface area contributed by atoms with Crippen molar-refractivity contribution in [3.8, 4) is 0 Å². The van der Waals surface area contributed by atoms with E-state index < -0.39 is 0 Å². The van der Waals surface area contributed by atoms with E-state index in [1.54, 1.807) is 4.90 Å². The van der Waals surface area contributed by atoms with Crippen molar-refractivity contribution in [3.05, 3.63) is 0 Å². The van der Waals surface area contributed by atoms with Gasteiger partial charge in [-0.05, 0) is 0 Å². The number of fused-ring (bicyclic) bond motifs is 1. The van der Waals surface area contributed by atoms with Crippen LogP contribution in [0.3, 0.4) is 0 Å². The first-order chi connectivity index (χ1) is 5.77. The number of nitrogens with zero attached hydrogens (tertiary/aromatic N) is 1. The molecule has 3 N–H and O–H groups in total. The molecule has 2 amide bonds. The highest BCUT2D eigenvalue weighted by Crippen LogP contribution is 2.15. The molecule has 0 aliphatic carbocycles. The summed E-state index contributed by atoms with van der Waals surface area (Å²) in [5.74, 6) is 0. The van der Waals surface area contributed by atoms with Gasteiger partial charge >= 0.3 is 6.03 Å². The predicted molar refractivity (Wildman–Crippen MR) is 42.7 cm³/mol. The smallest absolute Gasteiger partial charge is 0.314 e. The number of amides is 2. The summed E-state index contributed by atoms with van der Waals surface area (Å²) in [6, 6.07) is -0.0685. The molecule has 2 fully saturated rings. The van der Waals surface area contributed by atoms with Gasteiger partial charge < -0.3 is 20.7 Å². The number of urea groups is 1. The summed E-state index contributed by atoms with van der Waals surface area (Å²) in [5.41, 5.74) is 5.16. The molecule has 2 aliphatic rings. The lowest BCUT2D eigenvalue weighted by atomic mass is 10.2. The van der Waals surface area contributed by atoms with Gasteiger partial charge in [0.15, 0.2) is 0 Å². The van der Waals surface area contributed by atoms with E-state index in [9.17, 15) is 4.79 Å². The topological polar surface area (TPSA) is 67.6 Å². The fourth-order valence-electron chi connectivity index (χ4n) is 1.77. The summed E-state index contributed by atoms with van der Waals surface area (Å²) >= 11 is 0. The number of hydrogen-bond donors (Lipinski definition) is 2. The van der Waals surface area contributed by atoms with Gasteiger partial charge in [0.05, 0.1) is 25.3 Å². The number of ether oxygens (including phenoxy) is 1. The van der Waals surface area contributed by atoms with Gasteiger partial charge in [-0.25, -0.2) is 4.79 Å². The lowest BCUT2D eigenvalue weighted by Crippen LogP contribution is -2.47. The van der Waals surface area contributed by atoms with Crippen molar-refractivity contribution in [2.75, 3.05) is 26.2 Å². The Morgan fingerprint density at radius 3 is 3.08 bits per heavy atom. The average Bonchev–Trinajstić information content (AvgIpc) is 2.46. The Hall–Kier alpha value is -0.810. The van der Waals surface area contributed by atoms with E-state index in [2.05, 4.69) is 5.32 Å². The summed E-state index contributed by atoms with van der Waals surface area (Å²) in [5, 5.41) is 3.29. The van der Waals surface area contributed by atoms with Crippen molar-refractivity contribution in [2.45, 2.75) is 12.1 Å². The maximum atomic E-state index is 10.8. The fourth-order valence-corrected chi connectivity index (χ4v) is 1.77. The third-order valence-corrected chi connectivity index (χ3v) is 2.42. The first-order valence-electron chi connectivity index (χ1n) is 4.17. The highest BCUT2D eigenvalue weighted by molar-refractivity contribution is 5.72. The first-order valence-corrected chi connectivity index (χ1v) is 4.17. The van der Waals surface area contributed by atoms with E-state index in [4.69, 9.17) is 10.5 Å². The molecule has 0 aromatic heterocycles. The van der Waals surface area contributed by atoms with Gasteiger partial charge in [0.2, 0.25) is 0 Å². The second-order valence-electron chi connectivity index (χ2n) is 3.21. The van der Waals surface area contributed by atoms with E-state index in [1.807, 2.05) is 0 Å². The SMILES string of the molecule is NC(=O)N1CC2NCCOC2C1. The highest BCUT2D eigenvalue weighted by Gasteiger charge is 2.36. The van der Waals surface area contributed by atoms with Gasteiger partial charge in [-0.3, -0.25) is 0 Å². The zero-order chi connectivity index (χ0) is 8.55. The number of rotatable bonds is 0. The van der Waals surface area contributed by atoms with Crippen LogP contribution in [-0.2, 0) is 4.74 Å². The number of nitrogens with one attached hydrogen (secondary N) is 1. The Bertz CT molecular complexity index is 183. The standard InChI is InChI=1S/C7H13N3O2/c8-7(11)10-3-5-6(4-10)12-2-1-9-5/h5-6,9H,1-4H2,(H2,8,11). The van der Waals surface area contributed by atoms with E-state index in [1.165, 1.54) is 0 Å². The van der Waals surface area contributed by atoms with Crippen LogP contribution in [0.25, 0.3) is 0 Å². The van der Waals surface area contributed by atoms with Crippen LogP contribution in [-0.4, -0.2) is 49.3 Å². The summed E-state index contributed by atoms with van der Waals surface area (Å²) in [6.45, 7) is 2.91. The van der Waals surface area contributed by atoms with Crippen LogP contribution in [0.15, 0.2) is 0 Å². The van der Waals surface area contributed by atoms with Crippen LogP contribution in [0.5, 0.6) is 0 Å². The molecular weight excluding hydrogens is 158 g/mol. The Kier molecular flexibility index (Phi) is 1.90. The molecule has 68 valence electrons. The second kappa shape index (κ2) is 2.91. The van der Waals surface area contributed by atoms with Gasteiger partial charge in [0.25, 0.3) is 0 Å². The molecule has 2 rings (SSSR count). The van der Waals surface area contributed by atoms with E-state index in [0.29, 0.717) is 13.1 Å². The highest BCUT2D eigenvalue weighted by atomic mass is 16.5. The Balaban J connectivity index is 1.98. The van der Waals surface area contributed by atoms with Crippen molar-refractivity contribution in [3.63, 3.8) is 0 Å². The molecule has 0 radical (unpaired) electrons. The minimum Gasteiger partial charge on any atom is -0.373 e. The van der Waals surface area contributed by atoms with Crippen LogP contribution in [0.1, 0.15) is 0 Å². The number of morpholine rings is 1. The summed E-state index contributed by atoms with van der Waals surface area (Å²) in [7, 11) is 0. The van der Waals surface area contributed by atoms with Crippen LogP contribution in [0, 0.1) is 0 Å². The maximum Gasteiger partial charge on any atom is 0.314 e. The Morgan fingerprint density at radius 1 is 1.58 bits per heavy atom. The predicted octanol–water partition coefficient (Wildman–Crippen LogP) is -1.26. The van der Waals surface area contributed by atoms with Crippen molar-refractivity contribution >= 4 is 6.03 Å². The van der Waals surface area contributed by atoms with Crippen molar-refractivity contribution in [2.24, 2.45) is 5.73 Å². The quantitative estimate of drug-likeness (QED) is 0.478. The molecule has 0 aromatic carbocycles. The lowest BCUT2D eigenvalue weighted by molar-refractivity contribution is 0.0187. The third kappa shape index (κ3) is 1.25. The largest absolute Gasteiger partial charge is 0.373 e. The van der Waals surface area contributed by atoms with Crippen molar-refractivity contribution < 1.29 is 9.53 Å². The third-order valence-electron chi connectivity index (χ3n) is 2.42. The van der Waals surface area contributed by atoms with Gasteiger partial charge in [-0.2, -0.15) is 0 Å². The molecule has 0 spiro atoms. The van der Waals surface area contributed by atoms with Crippen molar-refractivity contribution in [1.82, 2.24) is 10.2 Å². The fraction of sp³-hybridized carbons (Fsp3) is 0.857. The van der Waals surface area contributed by atoms with Crippen molar-refractivity contribution in [1.29, 1.82) is 0 Å². The average molecular weight is 171 g/mol. The zero-order valence-electron chi connectivity index (χ0n) is 6.82. The second-order valence-corrected chi connectivity index (χ2v) is 3.21. The molecule has 0 saturated carbocycles. The van der Waals surface area contributed by atoms with E-state index in [0.717, 1.165) is 13.2 Å². The molecule has 0 bridgehead atoms. The normalized spacial score (nSPS) is 34.8. The maximum absolute atomic E-state index is 10.8. The number of likely N-dealkylation sites (tertiary alicyclic amines) is 1. The van der Waals surface area contributed by atoms with Crippen LogP contribution in [0.2, 0.25) is 0 Å². The zero-order valence-corrected chi connectivity index (χ0v) is 6.82. The minimum absolute atomic E-state index is 0.145. The molecule has 5 heteroatoms. The molecule has 2 aliphatic heterocycles. The number of carbonyl (C=O) groups is 1. The number of nitrogens with two attached hydrogens (primary N) is 1. The Morgan fingerprint density at radius 2 is 2.42 bits per heavy atom. The monoisotopic (exact) mass is 171 g/mol. The van der Waals surface area contributed by atoms with E-state index >= 15 is 0 Å². The molecule has 0 aromatic rings. The summed E-state index contributed by atoms with van der Waals surface area (Å²) in [6.07, 6.45) is 0.145. The van der Waals surface area contributed by atoms with E-state index in [-0.39, 0.29) is 18.2 Å².